The highest BCUT2D eigenvalue weighted by Crippen LogP contribution is 2.32. The number of rotatable bonds is 3. The number of carbonyl (C=O) groups excluding carboxylic acids is 1. The van der Waals surface area contributed by atoms with Crippen LogP contribution in [0.5, 0.6) is 0 Å². The molecule has 1 saturated heterocycles. The predicted molar refractivity (Wildman–Crippen MR) is 105 cm³/mol. The third kappa shape index (κ3) is 3.22. The van der Waals surface area contributed by atoms with Gasteiger partial charge in [0.25, 0.3) is 5.91 Å². The van der Waals surface area contributed by atoms with Gasteiger partial charge in [0.2, 0.25) is 0 Å². The number of hydrogen-bond acceptors (Lipinski definition) is 4. The number of ether oxygens (including phenoxy) is 1. The Morgan fingerprint density at radius 3 is 2.65 bits per heavy atom. The van der Waals surface area contributed by atoms with Crippen LogP contribution in [0.2, 0.25) is 10.0 Å². The van der Waals surface area contributed by atoms with Crippen LogP contribution < -0.4 is 0 Å². The monoisotopic (exact) mass is 409 g/mol. The third-order valence-corrected chi connectivity index (χ3v) is 6.33. The van der Waals surface area contributed by atoms with Crippen molar-refractivity contribution in [3.63, 3.8) is 0 Å². The van der Waals surface area contributed by atoms with E-state index in [-0.39, 0.29) is 5.91 Å². The fourth-order valence-electron chi connectivity index (χ4n) is 3.08. The standard InChI is InChI=1S/C18H17Cl2N3O2S/c1-11-12-9-16(17(24)22-5-7-25-8-6-22)26-18(12)23(21-11)10-13-14(19)3-2-4-15(13)20/h2-4,9H,5-8,10H2,1H3. The first-order chi connectivity index (χ1) is 12.5. The molecule has 2 aromatic heterocycles. The summed E-state index contributed by atoms with van der Waals surface area (Å²) in [7, 11) is 0. The summed E-state index contributed by atoms with van der Waals surface area (Å²) in [5.74, 6) is 0.0521. The molecule has 0 aliphatic carbocycles. The number of nitrogens with zero attached hydrogens (tertiary/aromatic N) is 3. The average molecular weight is 410 g/mol. The first-order valence-corrected chi connectivity index (χ1v) is 9.88. The Labute approximate surface area is 165 Å². The van der Waals surface area contributed by atoms with Crippen LogP contribution in [0.4, 0.5) is 0 Å². The molecule has 0 spiro atoms. The topological polar surface area (TPSA) is 47.4 Å². The molecule has 0 bridgehead atoms. The van der Waals surface area contributed by atoms with Crippen LogP contribution in [0, 0.1) is 6.92 Å². The summed E-state index contributed by atoms with van der Waals surface area (Å²) < 4.78 is 7.20. The van der Waals surface area contributed by atoms with E-state index in [1.807, 2.05) is 40.8 Å². The molecule has 4 rings (SSSR count). The molecule has 0 N–H and O–H groups in total. The van der Waals surface area contributed by atoms with Gasteiger partial charge in [-0.1, -0.05) is 29.3 Å². The van der Waals surface area contributed by atoms with Crippen LogP contribution >= 0.6 is 34.5 Å². The highest BCUT2D eigenvalue weighted by Gasteiger charge is 2.23. The molecule has 0 unspecified atom stereocenters. The maximum atomic E-state index is 12.8. The highest BCUT2D eigenvalue weighted by atomic mass is 35.5. The van der Waals surface area contributed by atoms with Gasteiger partial charge in [0, 0.05) is 34.1 Å². The van der Waals surface area contributed by atoms with Gasteiger partial charge in [-0.25, -0.2) is 4.68 Å². The van der Waals surface area contributed by atoms with Gasteiger partial charge in [0.05, 0.1) is 30.3 Å². The first kappa shape index (κ1) is 17.8. The molecular weight excluding hydrogens is 393 g/mol. The van der Waals surface area contributed by atoms with Crippen LogP contribution in [0.15, 0.2) is 24.3 Å². The molecular formula is C18H17Cl2N3O2S. The van der Waals surface area contributed by atoms with Gasteiger partial charge in [0.1, 0.15) is 4.83 Å². The zero-order valence-corrected chi connectivity index (χ0v) is 16.5. The second-order valence-corrected chi connectivity index (χ2v) is 8.02. The Hall–Kier alpha value is -1.60. The maximum absolute atomic E-state index is 12.8. The molecule has 0 radical (unpaired) electrons. The van der Waals surface area contributed by atoms with Crippen molar-refractivity contribution in [1.29, 1.82) is 0 Å². The van der Waals surface area contributed by atoms with Crippen molar-refractivity contribution < 1.29 is 9.53 Å². The van der Waals surface area contributed by atoms with Gasteiger partial charge in [-0.3, -0.25) is 4.79 Å². The second kappa shape index (κ2) is 7.19. The Kier molecular flexibility index (Phi) is 4.92. The Morgan fingerprint density at radius 2 is 1.96 bits per heavy atom. The van der Waals surface area contributed by atoms with Crippen LogP contribution in [0.25, 0.3) is 10.2 Å². The van der Waals surface area contributed by atoms with E-state index in [1.54, 1.807) is 0 Å². The van der Waals surface area contributed by atoms with E-state index in [9.17, 15) is 4.79 Å². The molecule has 1 amide bonds. The lowest BCUT2D eigenvalue weighted by atomic mass is 10.2. The van der Waals surface area contributed by atoms with E-state index in [0.717, 1.165) is 26.4 Å². The summed E-state index contributed by atoms with van der Waals surface area (Å²) in [6.45, 7) is 4.86. The van der Waals surface area contributed by atoms with Crippen molar-refractivity contribution in [3.8, 4) is 0 Å². The highest BCUT2D eigenvalue weighted by molar-refractivity contribution is 7.20. The normalized spacial score (nSPS) is 15.0. The van der Waals surface area contributed by atoms with Gasteiger partial charge in [-0.2, -0.15) is 5.10 Å². The molecule has 0 saturated carbocycles. The quantitative estimate of drug-likeness (QED) is 0.649. The molecule has 0 atom stereocenters. The smallest absolute Gasteiger partial charge is 0.264 e. The number of amides is 1. The number of benzene rings is 1. The summed E-state index contributed by atoms with van der Waals surface area (Å²) in [6.07, 6.45) is 0. The van der Waals surface area contributed by atoms with E-state index in [0.29, 0.717) is 42.9 Å². The first-order valence-electron chi connectivity index (χ1n) is 8.31. The third-order valence-electron chi connectivity index (χ3n) is 4.49. The summed E-state index contributed by atoms with van der Waals surface area (Å²) in [5, 5.41) is 6.82. The van der Waals surface area contributed by atoms with E-state index >= 15 is 0 Å². The van der Waals surface area contributed by atoms with Gasteiger partial charge in [-0.15, -0.1) is 11.3 Å². The lowest BCUT2D eigenvalue weighted by Gasteiger charge is -2.26. The Balaban J connectivity index is 1.68. The van der Waals surface area contributed by atoms with Crippen LogP contribution in [-0.4, -0.2) is 46.9 Å². The van der Waals surface area contributed by atoms with Gasteiger partial charge in [0.15, 0.2) is 0 Å². The van der Waals surface area contributed by atoms with Crippen molar-refractivity contribution in [1.82, 2.24) is 14.7 Å². The van der Waals surface area contributed by atoms with E-state index in [4.69, 9.17) is 27.9 Å². The summed E-state index contributed by atoms with van der Waals surface area (Å²) in [5.41, 5.74) is 1.72. The van der Waals surface area contributed by atoms with E-state index < -0.39 is 0 Å². The van der Waals surface area contributed by atoms with Crippen LogP contribution in [-0.2, 0) is 11.3 Å². The molecule has 1 aromatic carbocycles. The van der Waals surface area contributed by atoms with Crippen molar-refractivity contribution in [2.75, 3.05) is 26.3 Å². The SMILES string of the molecule is Cc1nn(Cc2c(Cl)cccc2Cl)c2sc(C(=O)N3CCOCC3)cc12. The maximum Gasteiger partial charge on any atom is 0.264 e. The largest absolute Gasteiger partial charge is 0.378 e. The minimum absolute atomic E-state index is 0.0521. The Morgan fingerprint density at radius 1 is 1.27 bits per heavy atom. The summed E-state index contributed by atoms with van der Waals surface area (Å²) in [4.78, 5) is 16.3. The number of carbonyl (C=O) groups is 1. The number of halogens is 2. The van der Waals surface area contributed by atoms with E-state index in [1.165, 1.54) is 11.3 Å². The molecule has 3 heterocycles. The van der Waals surface area contributed by atoms with Gasteiger partial charge < -0.3 is 9.64 Å². The number of fused-ring (bicyclic) bond motifs is 1. The van der Waals surface area contributed by atoms with Crippen molar-refractivity contribution in [3.05, 3.63) is 50.4 Å². The molecule has 8 heteroatoms. The van der Waals surface area contributed by atoms with Crippen molar-refractivity contribution in [2.45, 2.75) is 13.5 Å². The molecule has 5 nitrogen and oxygen atoms in total. The van der Waals surface area contributed by atoms with Crippen LogP contribution in [0.1, 0.15) is 20.9 Å². The van der Waals surface area contributed by atoms with Gasteiger partial charge >= 0.3 is 0 Å². The number of morpholine rings is 1. The zero-order valence-electron chi connectivity index (χ0n) is 14.2. The zero-order chi connectivity index (χ0) is 18.3. The number of thiophene rings is 1. The molecule has 26 heavy (non-hydrogen) atoms. The molecule has 3 aromatic rings. The van der Waals surface area contributed by atoms with E-state index in [2.05, 4.69) is 5.10 Å². The Bertz CT molecular complexity index is 956. The molecule has 1 aliphatic rings. The fraction of sp³-hybridized carbons (Fsp3) is 0.333. The summed E-state index contributed by atoms with van der Waals surface area (Å²) >= 11 is 14.1. The minimum Gasteiger partial charge on any atom is -0.378 e. The molecule has 1 fully saturated rings. The second-order valence-electron chi connectivity index (χ2n) is 6.18. The lowest BCUT2D eigenvalue weighted by molar-refractivity contribution is 0.0306. The van der Waals surface area contributed by atoms with Gasteiger partial charge in [-0.05, 0) is 25.1 Å². The van der Waals surface area contributed by atoms with Crippen LogP contribution in [0.3, 0.4) is 0 Å². The molecule has 136 valence electrons. The number of aromatic nitrogens is 2. The van der Waals surface area contributed by atoms with Crippen molar-refractivity contribution >= 4 is 50.7 Å². The lowest BCUT2D eigenvalue weighted by Crippen LogP contribution is -2.40. The molecule has 1 aliphatic heterocycles. The fourth-order valence-corrected chi connectivity index (χ4v) is 4.73. The van der Waals surface area contributed by atoms with Crippen molar-refractivity contribution in [2.24, 2.45) is 0 Å². The summed E-state index contributed by atoms with van der Waals surface area (Å²) in [6, 6.07) is 7.39. The minimum atomic E-state index is 0.0521. The number of aryl methyl sites for hydroxylation is 1. The predicted octanol–water partition coefficient (Wildman–Crippen LogP) is 4.23. The number of hydrogen-bond donors (Lipinski definition) is 0. The average Bonchev–Trinajstić information content (AvgIpc) is 3.20.